The van der Waals surface area contributed by atoms with E-state index >= 15 is 0 Å². The zero-order chi connectivity index (χ0) is 12.5. The van der Waals surface area contributed by atoms with Gasteiger partial charge in [-0.3, -0.25) is 5.10 Å². The van der Waals surface area contributed by atoms with E-state index in [0.29, 0.717) is 5.69 Å². The van der Waals surface area contributed by atoms with E-state index in [9.17, 15) is 13.2 Å². The number of benzene rings is 1. The van der Waals surface area contributed by atoms with Gasteiger partial charge in [-0.25, -0.2) is 0 Å². The normalized spacial score (nSPS) is 11.8. The first-order chi connectivity index (χ1) is 8.02. The Balaban J connectivity index is 2.52. The van der Waals surface area contributed by atoms with E-state index in [2.05, 4.69) is 10.2 Å². The van der Waals surface area contributed by atoms with Crippen molar-refractivity contribution >= 4 is 11.6 Å². The van der Waals surface area contributed by atoms with Gasteiger partial charge in [-0.1, -0.05) is 18.2 Å². The van der Waals surface area contributed by atoms with Gasteiger partial charge in [0.25, 0.3) is 0 Å². The fourth-order valence-corrected chi connectivity index (χ4v) is 1.66. The molecule has 6 heteroatoms. The van der Waals surface area contributed by atoms with Gasteiger partial charge in [0.2, 0.25) is 0 Å². The quantitative estimate of drug-likeness (QED) is 0.817. The Morgan fingerprint density at radius 3 is 2.53 bits per heavy atom. The van der Waals surface area contributed by atoms with Gasteiger partial charge in [0.15, 0.2) is 0 Å². The second kappa shape index (κ2) is 4.41. The van der Waals surface area contributed by atoms with Gasteiger partial charge >= 0.3 is 6.18 Å². The Hall–Kier alpha value is -1.49. The fraction of sp³-hybridized carbons (Fsp3) is 0.182. The lowest BCUT2D eigenvalue weighted by Crippen LogP contribution is -2.06. The van der Waals surface area contributed by atoms with E-state index in [-0.39, 0.29) is 17.1 Å². The molecule has 0 unspecified atom stereocenters. The molecule has 0 amide bonds. The summed E-state index contributed by atoms with van der Waals surface area (Å²) in [6.45, 7) is 0. The Morgan fingerprint density at radius 2 is 1.94 bits per heavy atom. The maximum absolute atomic E-state index is 12.8. The van der Waals surface area contributed by atoms with Crippen molar-refractivity contribution in [1.29, 1.82) is 0 Å². The van der Waals surface area contributed by atoms with Gasteiger partial charge < -0.3 is 0 Å². The van der Waals surface area contributed by atoms with Crippen LogP contribution in [0.3, 0.4) is 0 Å². The molecular formula is C11H8ClF3N2. The number of nitrogens with one attached hydrogen (secondary N) is 1. The van der Waals surface area contributed by atoms with Crippen molar-refractivity contribution in [2.24, 2.45) is 0 Å². The highest BCUT2D eigenvalue weighted by Gasteiger charge is 2.33. The third kappa shape index (κ3) is 2.44. The van der Waals surface area contributed by atoms with Crippen molar-refractivity contribution in [3.8, 4) is 11.3 Å². The molecule has 2 aromatic rings. The van der Waals surface area contributed by atoms with Crippen molar-refractivity contribution in [3.05, 3.63) is 41.6 Å². The molecule has 0 aliphatic carbocycles. The number of halogens is 4. The van der Waals surface area contributed by atoms with E-state index < -0.39 is 11.7 Å². The topological polar surface area (TPSA) is 28.7 Å². The minimum atomic E-state index is -4.39. The molecular weight excluding hydrogens is 253 g/mol. The standard InChI is InChI=1S/C11H8ClF3N2/c12-6-7-5-10(17-16-7)8-3-1-2-4-9(8)11(13,14)15/h1-5H,6H2,(H,16,17). The molecule has 0 spiro atoms. The number of H-pyrrole nitrogens is 1. The summed E-state index contributed by atoms with van der Waals surface area (Å²) >= 11 is 5.56. The predicted molar refractivity (Wildman–Crippen MR) is 58.6 cm³/mol. The molecule has 0 radical (unpaired) electrons. The maximum Gasteiger partial charge on any atom is 0.417 e. The molecule has 2 rings (SSSR count). The zero-order valence-corrected chi connectivity index (χ0v) is 9.31. The van der Waals surface area contributed by atoms with Crippen LogP contribution in [0, 0.1) is 0 Å². The number of alkyl halides is 4. The molecule has 1 aromatic heterocycles. The lowest BCUT2D eigenvalue weighted by molar-refractivity contribution is -0.137. The van der Waals surface area contributed by atoms with Gasteiger partial charge in [-0.2, -0.15) is 18.3 Å². The molecule has 0 bridgehead atoms. The number of hydrogen-bond acceptors (Lipinski definition) is 1. The summed E-state index contributed by atoms with van der Waals surface area (Å²) in [4.78, 5) is 0. The highest BCUT2D eigenvalue weighted by Crippen LogP contribution is 2.36. The van der Waals surface area contributed by atoms with Crippen LogP contribution in [0.25, 0.3) is 11.3 Å². The van der Waals surface area contributed by atoms with Crippen LogP contribution in [0.15, 0.2) is 30.3 Å². The molecule has 0 aliphatic rings. The zero-order valence-electron chi connectivity index (χ0n) is 8.55. The number of aromatic nitrogens is 2. The first-order valence-corrected chi connectivity index (χ1v) is 5.32. The molecule has 2 nitrogen and oxygen atoms in total. The lowest BCUT2D eigenvalue weighted by atomic mass is 10.0. The summed E-state index contributed by atoms with van der Waals surface area (Å²) in [7, 11) is 0. The van der Waals surface area contributed by atoms with Crippen LogP contribution in [0.2, 0.25) is 0 Å². The molecule has 0 saturated heterocycles. The maximum atomic E-state index is 12.8. The Kier molecular flexibility index (Phi) is 3.11. The van der Waals surface area contributed by atoms with Crippen LogP contribution >= 0.6 is 11.6 Å². The summed E-state index contributed by atoms with van der Waals surface area (Å²) in [5.41, 5.74) is 0.174. The molecule has 0 aliphatic heterocycles. The molecule has 90 valence electrons. The second-order valence-corrected chi connectivity index (χ2v) is 3.72. The Labute approximate surface area is 100 Å². The highest BCUT2D eigenvalue weighted by molar-refractivity contribution is 6.16. The molecule has 0 fully saturated rings. The molecule has 1 heterocycles. The van der Waals surface area contributed by atoms with Crippen LogP contribution < -0.4 is 0 Å². The number of hydrogen-bond donors (Lipinski definition) is 1. The molecule has 0 atom stereocenters. The third-order valence-electron chi connectivity index (χ3n) is 2.28. The summed E-state index contributed by atoms with van der Waals surface area (Å²) in [6, 6.07) is 6.82. The summed E-state index contributed by atoms with van der Waals surface area (Å²) < 4.78 is 38.3. The van der Waals surface area contributed by atoms with Gasteiger partial charge in [0.1, 0.15) is 0 Å². The third-order valence-corrected chi connectivity index (χ3v) is 2.57. The van der Waals surface area contributed by atoms with Crippen LogP contribution in [0.4, 0.5) is 13.2 Å². The summed E-state index contributed by atoms with van der Waals surface area (Å²) in [5, 5.41) is 6.41. The lowest BCUT2D eigenvalue weighted by Gasteiger charge is -2.10. The minimum absolute atomic E-state index is 0.0487. The first kappa shape index (κ1) is 12.0. The van der Waals surface area contributed by atoms with Gasteiger partial charge in [-0.05, 0) is 12.1 Å². The monoisotopic (exact) mass is 260 g/mol. The van der Waals surface area contributed by atoms with Crippen molar-refractivity contribution in [1.82, 2.24) is 10.2 Å². The number of nitrogens with zero attached hydrogens (tertiary/aromatic N) is 1. The van der Waals surface area contributed by atoms with Crippen molar-refractivity contribution in [2.75, 3.05) is 0 Å². The van der Waals surface area contributed by atoms with E-state index in [4.69, 9.17) is 11.6 Å². The average molecular weight is 261 g/mol. The second-order valence-electron chi connectivity index (χ2n) is 3.46. The van der Waals surface area contributed by atoms with E-state index in [0.717, 1.165) is 6.07 Å². The summed E-state index contributed by atoms with van der Waals surface area (Å²) in [5.74, 6) is 0.182. The minimum Gasteiger partial charge on any atom is -0.281 e. The highest BCUT2D eigenvalue weighted by atomic mass is 35.5. The molecule has 0 saturated carbocycles. The van der Waals surface area contributed by atoms with Crippen molar-refractivity contribution in [2.45, 2.75) is 12.1 Å². The average Bonchev–Trinajstić information content (AvgIpc) is 2.76. The SMILES string of the molecule is FC(F)(F)c1ccccc1-c1cc(CCl)[nH]n1. The Bertz CT molecular complexity index is 519. The Morgan fingerprint density at radius 1 is 1.24 bits per heavy atom. The molecule has 17 heavy (non-hydrogen) atoms. The van der Waals surface area contributed by atoms with Crippen molar-refractivity contribution < 1.29 is 13.2 Å². The van der Waals surface area contributed by atoms with Gasteiger partial charge in [0, 0.05) is 5.56 Å². The van der Waals surface area contributed by atoms with E-state index in [1.54, 1.807) is 6.07 Å². The smallest absolute Gasteiger partial charge is 0.281 e. The number of aromatic amines is 1. The number of rotatable bonds is 2. The van der Waals surface area contributed by atoms with Crippen LogP contribution in [-0.2, 0) is 12.1 Å². The van der Waals surface area contributed by atoms with Crippen molar-refractivity contribution in [3.63, 3.8) is 0 Å². The van der Waals surface area contributed by atoms with E-state index in [1.165, 1.54) is 18.2 Å². The first-order valence-electron chi connectivity index (χ1n) is 4.79. The van der Waals surface area contributed by atoms with Gasteiger partial charge in [-0.15, -0.1) is 11.6 Å². The fourth-order valence-electron chi connectivity index (χ4n) is 1.52. The van der Waals surface area contributed by atoms with Crippen LogP contribution in [0.5, 0.6) is 0 Å². The largest absolute Gasteiger partial charge is 0.417 e. The predicted octanol–water partition coefficient (Wildman–Crippen LogP) is 3.83. The van der Waals surface area contributed by atoms with E-state index in [1.807, 2.05) is 0 Å². The molecule has 1 aromatic carbocycles. The van der Waals surface area contributed by atoms with Crippen LogP contribution in [-0.4, -0.2) is 10.2 Å². The van der Waals surface area contributed by atoms with Gasteiger partial charge in [0.05, 0.1) is 22.8 Å². The molecule has 1 N–H and O–H groups in total. The summed E-state index contributed by atoms with van der Waals surface area (Å²) in [6.07, 6.45) is -4.39. The van der Waals surface area contributed by atoms with Crippen LogP contribution in [0.1, 0.15) is 11.3 Å².